The van der Waals surface area contributed by atoms with E-state index in [1.807, 2.05) is 0 Å². The molecule has 0 aromatic rings. The molecule has 0 aromatic heterocycles. The summed E-state index contributed by atoms with van der Waals surface area (Å²) in [6, 6.07) is 0. The lowest BCUT2D eigenvalue weighted by Gasteiger charge is -1.91. The lowest BCUT2D eigenvalue weighted by Crippen LogP contribution is -1.81. The Balaban J connectivity index is 3.65. The highest BCUT2D eigenvalue weighted by molar-refractivity contribution is 8.18. The number of hydrogen-bond donors (Lipinski definition) is 0. The van der Waals surface area contributed by atoms with Crippen LogP contribution in [0.25, 0.3) is 0 Å². The third-order valence-corrected chi connectivity index (χ3v) is 2.60. The van der Waals surface area contributed by atoms with Crippen molar-refractivity contribution in [3.8, 4) is 0 Å². The maximum Gasteiger partial charge on any atom is 0.0683 e. The summed E-state index contributed by atoms with van der Waals surface area (Å²) in [6.07, 6.45) is 1.60. The predicted molar refractivity (Wildman–Crippen MR) is 41.0 cm³/mol. The van der Waals surface area contributed by atoms with Crippen molar-refractivity contribution in [2.75, 3.05) is 6.26 Å². The summed E-state index contributed by atoms with van der Waals surface area (Å²) in [6.45, 7) is 6.99. The Morgan fingerprint density at radius 2 is 2.38 bits per heavy atom. The van der Waals surface area contributed by atoms with Crippen molar-refractivity contribution in [3.05, 3.63) is 22.8 Å². The average molecular weight is 148 g/mol. The zero-order chi connectivity index (χ0) is 6.57. The molecule has 1 atom stereocenters. The Bertz CT molecular complexity index is 128. The number of thioether (sulfide) groups is 1. The molecular weight excluding hydrogens is 140 g/mol. The van der Waals surface area contributed by atoms with Crippen molar-refractivity contribution in [1.82, 2.24) is 0 Å². The first-order valence-electron chi connectivity index (χ1n) is 1.98. The second-order valence-corrected chi connectivity index (χ2v) is 3.83. The minimum atomic E-state index is -0.913. The lowest BCUT2D eigenvalue weighted by atomic mass is 11.2. The molecule has 0 aromatic carbocycles. The summed E-state index contributed by atoms with van der Waals surface area (Å²) < 4.78 is 11.1. The smallest absolute Gasteiger partial charge is 0.0683 e. The SMILES string of the molecule is C=CSC(=C)S(C)=O. The van der Waals surface area contributed by atoms with E-state index < -0.39 is 10.8 Å². The van der Waals surface area contributed by atoms with Crippen molar-refractivity contribution in [2.24, 2.45) is 0 Å². The lowest BCUT2D eigenvalue weighted by molar-refractivity contribution is 0.691. The van der Waals surface area contributed by atoms with Gasteiger partial charge < -0.3 is 0 Å². The van der Waals surface area contributed by atoms with Gasteiger partial charge in [-0.25, -0.2) is 0 Å². The molecule has 0 saturated heterocycles. The van der Waals surface area contributed by atoms with Crippen molar-refractivity contribution in [2.45, 2.75) is 0 Å². The molecule has 8 heavy (non-hydrogen) atoms. The molecule has 0 rings (SSSR count). The second kappa shape index (κ2) is 3.92. The molecule has 3 heteroatoms. The second-order valence-electron chi connectivity index (χ2n) is 1.11. The molecule has 0 aliphatic carbocycles. The van der Waals surface area contributed by atoms with Gasteiger partial charge in [0, 0.05) is 6.26 Å². The highest BCUT2D eigenvalue weighted by atomic mass is 32.2. The van der Waals surface area contributed by atoms with Crippen LogP contribution >= 0.6 is 11.8 Å². The quantitative estimate of drug-likeness (QED) is 0.606. The molecule has 0 fully saturated rings. The fourth-order valence-electron chi connectivity index (χ4n) is 0.161. The minimum absolute atomic E-state index is 0.653. The van der Waals surface area contributed by atoms with Gasteiger partial charge >= 0.3 is 0 Å². The Morgan fingerprint density at radius 3 is 2.50 bits per heavy atom. The molecule has 0 N–H and O–H groups in total. The molecule has 1 nitrogen and oxygen atoms in total. The number of rotatable bonds is 3. The van der Waals surface area contributed by atoms with E-state index in [-0.39, 0.29) is 0 Å². The topological polar surface area (TPSA) is 17.1 Å². The highest BCUT2D eigenvalue weighted by Gasteiger charge is 1.92. The fraction of sp³-hybridized carbons (Fsp3) is 0.200. The normalized spacial score (nSPS) is 12.6. The van der Waals surface area contributed by atoms with E-state index in [1.165, 1.54) is 11.8 Å². The molecular formula is C5H8OS2. The zero-order valence-corrected chi connectivity index (χ0v) is 6.35. The van der Waals surface area contributed by atoms with Crippen LogP contribution in [0, 0.1) is 0 Å². The van der Waals surface area contributed by atoms with Crippen LogP contribution in [0.3, 0.4) is 0 Å². The maximum absolute atomic E-state index is 10.5. The van der Waals surface area contributed by atoms with Gasteiger partial charge in [-0.2, -0.15) is 0 Å². The van der Waals surface area contributed by atoms with Gasteiger partial charge in [-0.1, -0.05) is 24.9 Å². The van der Waals surface area contributed by atoms with E-state index in [9.17, 15) is 4.21 Å². The molecule has 0 bridgehead atoms. The van der Waals surface area contributed by atoms with Crippen LogP contribution in [0.5, 0.6) is 0 Å². The monoisotopic (exact) mass is 148 g/mol. The predicted octanol–water partition coefficient (Wildman–Crippen LogP) is 1.71. The maximum atomic E-state index is 10.5. The molecule has 0 heterocycles. The molecule has 0 aliphatic rings. The van der Waals surface area contributed by atoms with E-state index in [0.29, 0.717) is 4.24 Å². The summed E-state index contributed by atoms with van der Waals surface area (Å²) in [5.41, 5.74) is 0. The van der Waals surface area contributed by atoms with Gasteiger partial charge in [-0.3, -0.25) is 4.21 Å². The first-order chi connectivity index (χ1) is 3.68. The summed E-state index contributed by atoms with van der Waals surface area (Å²) in [4.78, 5) is 0. The van der Waals surface area contributed by atoms with Gasteiger partial charge in [0.1, 0.15) is 0 Å². The summed E-state index contributed by atoms with van der Waals surface area (Å²) in [5, 5.41) is 1.61. The first kappa shape index (κ1) is 7.98. The van der Waals surface area contributed by atoms with Crippen LogP contribution in [0.1, 0.15) is 0 Å². The van der Waals surface area contributed by atoms with Gasteiger partial charge in [0.2, 0.25) is 0 Å². The van der Waals surface area contributed by atoms with Crippen LogP contribution in [-0.4, -0.2) is 10.5 Å². The van der Waals surface area contributed by atoms with E-state index in [4.69, 9.17) is 0 Å². The molecule has 0 amide bonds. The third-order valence-electron chi connectivity index (χ3n) is 0.535. The largest absolute Gasteiger partial charge is 0.254 e. The van der Waals surface area contributed by atoms with Gasteiger partial charge in [0.15, 0.2) is 0 Å². The highest BCUT2D eigenvalue weighted by Crippen LogP contribution is 2.15. The Kier molecular flexibility index (Phi) is 3.91. The molecule has 0 saturated carbocycles. The minimum Gasteiger partial charge on any atom is -0.254 e. The molecule has 0 aliphatic heterocycles. The van der Waals surface area contributed by atoms with E-state index in [0.717, 1.165) is 0 Å². The number of hydrogen-bond acceptors (Lipinski definition) is 2. The molecule has 0 radical (unpaired) electrons. The zero-order valence-electron chi connectivity index (χ0n) is 4.72. The molecule has 46 valence electrons. The standard InChI is InChI=1S/C5H8OS2/c1-4-7-5(2)8(3)6/h4H,1-2H2,3H3. The molecule has 0 spiro atoms. The Morgan fingerprint density at radius 1 is 1.88 bits per heavy atom. The van der Waals surface area contributed by atoms with Crippen molar-refractivity contribution >= 4 is 22.6 Å². The van der Waals surface area contributed by atoms with Crippen LogP contribution in [0.4, 0.5) is 0 Å². The third kappa shape index (κ3) is 3.04. The van der Waals surface area contributed by atoms with Crippen molar-refractivity contribution in [1.29, 1.82) is 0 Å². The van der Waals surface area contributed by atoms with Crippen LogP contribution in [0.2, 0.25) is 0 Å². The van der Waals surface area contributed by atoms with Crippen molar-refractivity contribution in [3.63, 3.8) is 0 Å². The van der Waals surface area contributed by atoms with Gasteiger partial charge in [-0.15, -0.1) is 0 Å². The van der Waals surface area contributed by atoms with Crippen LogP contribution in [0.15, 0.2) is 22.8 Å². The summed E-state index contributed by atoms with van der Waals surface area (Å²) in [7, 11) is -0.913. The van der Waals surface area contributed by atoms with Crippen molar-refractivity contribution < 1.29 is 4.21 Å². The van der Waals surface area contributed by atoms with Crippen LogP contribution in [-0.2, 0) is 10.8 Å². The van der Waals surface area contributed by atoms with E-state index >= 15 is 0 Å². The fourth-order valence-corrected chi connectivity index (χ4v) is 1.09. The van der Waals surface area contributed by atoms with Gasteiger partial charge in [0.25, 0.3) is 0 Å². The van der Waals surface area contributed by atoms with E-state index in [1.54, 1.807) is 11.7 Å². The Hall–Kier alpha value is -0.0200. The van der Waals surface area contributed by atoms with Crippen LogP contribution < -0.4 is 0 Å². The average Bonchev–Trinajstić information content (AvgIpc) is 1.67. The van der Waals surface area contributed by atoms with Gasteiger partial charge in [-0.05, 0) is 5.41 Å². The molecule has 1 unspecified atom stereocenters. The Labute approximate surface area is 56.3 Å². The first-order valence-corrected chi connectivity index (χ1v) is 4.42. The van der Waals surface area contributed by atoms with E-state index in [2.05, 4.69) is 13.2 Å². The summed E-state index contributed by atoms with van der Waals surface area (Å²) in [5.74, 6) is 0. The summed E-state index contributed by atoms with van der Waals surface area (Å²) >= 11 is 1.31. The van der Waals surface area contributed by atoms with Gasteiger partial charge in [0.05, 0.1) is 15.0 Å².